The molecule has 0 aromatic heterocycles. The Balaban J connectivity index is 1.86. The van der Waals surface area contributed by atoms with Crippen LogP contribution in [0.5, 0.6) is 0 Å². The summed E-state index contributed by atoms with van der Waals surface area (Å²) in [5.41, 5.74) is -0.0391. The standard InChI is InChI=1S/C14H25NO/c1-14(8-16,15-2)13-11-4-9-3-10(6-11)7-12(13)5-9/h9-13,15-16H,3-8H2,1-2H3. The zero-order valence-corrected chi connectivity index (χ0v) is 10.6. The molecule has 1 atom stereocenters. The third kappa shape index (κ3) is 1.46. The van der Waals surface area contributed by atoms with E-state index in [1.54, 1.807) is 0 Å². The molecule has 0 aromatic carbocycles. The first-order valence-corrected chi connectivity index (χ1v) is 6.96. The van der Waals surface area contributed by atoms with E-state index in [-0.39, 0.29) is 12.1 Å². The van der Waals surface area contributed by atoms with Gasteiger partial charge < -0.3 is 10.4 Å². The number of hydrogen-bond donors (Lipinski definition) is 2. The summed E-state index contributed by atoms with van der Waals surface area (Å²) in [5, 5.41) is 13.1. The molecule has 4 fully saturated rings. The molecule has 2 nitrogen and oxygen atoms in total. The molecule has 0 saturated heterocycles. The molecular weight excluding hydrogens is 198 g/mol. The molecule has 2 N–H and O–H groups in total. The van der Waals surface area contributed by atoms with Crippen molar-refractivity contribution in [2.45, 2.75) is 44.6 Å². The molecule has 16 heavy (non-hydrogen) atoms. The Bertz CT molecular complexity index is 244. The van der Waals surface area contributed by atoms with E-state index in [9.17, 15) is 5.11 Å². The Morgan fingerprint density at radius 1 is 1.06 bits per heavy atom. The highest BCUT2D eigenvalue weighted by Crippen LogP contribution is 2.58. The normalized spacial score (nSPS) is 49.3. The maximum atomic E-state index is 9.71. The number of hydrogen-bond acceptors (Lipinski definition) is 2. The molecule has 4 aliphatic rings. The summed E-state index contributed by atoms with van der Waals surface area (Å²) in [6.07, 6.45) is 7.27. The van der Waals surface area contributed by atoms with E-state index in [2.05, 4.69) is 12.2 Å². The van der Waals surface area contributed by atoms with E-state index in [1.807, 2.05) is 7.05 Å². The van der Waals surface area contributed by atoms with Gasteiger partial charge in [-0.1, -0.05) is 0 Å². The van der Waals surface area contributed by atoms with Gasteiger partial charge >= 0.3 is 0 Å². The lowest BCUT2D eigenvalue weighted by molar-refractivity contribution is -0.0838. The van der Waals surface area contributed by atoms with Gasteiger partial charge in [0, 0.05) is 5.54 Å². The number of aliphatic hydroxyl groups excluding tert-OH is 1. The van der Waals surface area contributed by atoms with Gasteiger partial charge in [0.15, 0.2) is 0 Å². The van der Waals surface area contributed by atoms with Gasteiger partial charge in [0.1, 0.15) is 0 Å². The highest BCUT2D eigenvalue weighted by atomic mass is 16.3. The van der Waals surface area contributed by atoms with Gasteiger partial charge in [-0.2, -0.15) is 0 Å². The lowest BCUT2D eigenvalue weighted by atomic mass is 9.48. The second kappa shape index (κ2) is 3.71. The van der Waals surface area contributed by atoms with Crippen molar-refractivity contribution in [1.82, 2.24) is 5.32 Å². The first-order valence-electron chi connectivity index (χ1n) is 6.96. The fourth-order valence-electron chi connectivity index (χ4n) is 5.32. The monoisotopic (exact) mass is 223 g/mol. The summed E-state index contributed by atoms with van der Waals surface area (Å²) < 4.78 is 0. The lowest BCUT2D eigenvalue weighted by Crippen LogP contribution is -2.60. The van der Waals surface area contributed by atoms with Crippen LogP contribution in [0.2, 0.25) is 0 Å². The van der Waals surface area contributed by atoms with E-state index in [4.69, 9.17) is 0 Å². The van der Waals surface area contributed by atoms with Gasteiger partial charge in [-0.3, -0.25) is 0 Å². The molecule has 4 aliphatic carbocycles. The number of nitrogens with one attached hydrogen (secondary N) is 1. The van der Waals surface area contributed by atoms with Crippen LogP contribution in [0, 0.1) is 29.6 Å². The third-order valence-corrected chi connectivity index (χ3v) is 5.86. The van der Waals surface area contributed by atoms with Crippen molar-refractivity contribution < 1.29 is 5.11 Å². The van der Waals surface area contributed by atoms with Crippen LogP contribution in [-0.4, -0.2) is 24.3 Å². The van der Waals surface area contributed by atoms with Gasteiger partial charge in [0.2, 0.25) is 0 Å². The average molecular weight is 223 g/mol. The Kier molecular flexibility index (Phi) is 2.56. The van der Waals surface area contributed by atoms with Crippen molar-refractivity contribution in [2.75, 3.05) is 13.7 Å². The molecular formula is C14H25NO. The van der Waals surface area contributed by atoms with E-state index >= 15 is 0 Å². The maximum absolute atomic E-state index is 9.71. The average Bonchev–Trinajstić information content (AvgIpc) is 2.27. The minimum Gasteiger partial charge on any atom is -0.394 e. The zero-order valence-electron chi connectivity index (χ0n) is 10.6. The fraction of sp³-hybridized carbons (Fsp3) is 1.00. The van der Waals surface area contributed by atoms with Crippen molar-refractivity contribution in [3.8, 4) is 0 Å². The summed E-state index contributed by atoms with van der Waals surface area (Å²) in [4.78, 5) is 0. The van der Waals surface area contributed by atoms with Crippen molar-refractivity contribution >= 4 is 0 Å². The quantitative estimate of drug-likeness (QED) is 0.767. The second-order valence-corrected chi connectivity index (χ2v) is 6.78. The number of rotatable bonds is 3. The molecule has 92 valence electrons. The topological polar surface area (TPSA) is 32.3 Å². The highest BCUT2D eigenvalue weighted by Gasteiger charge is 2.53. The molecule has 4 rings (SSSR count). The van der Waals surface area contributed by atoms with Crippen molar-refractivity contribution in [2.24, 2.45) is 29.6 Å². The van der Waals surface area contributed by atoms with E-state index < -0.39 is 0 Å². The van der Waals surface area contributed by atoms with Crippen molar-refractivity contribution in [1.29, 1.82) is 0 Å². The smallest absolute Gasteiger partial charge is 0.0613 e. The lowest BCUT2D eigenvalue weighted by Gasteiger charge is -2.59. The predicted octanol–water partition coefficient (Wildman–Crippen LogP) is 2.03. The predicted molar refractivity (Wildman–Crippen MR) is 65.1 cm³/mol. The first-order chi connectivity index (χ1) is 7.66. The second-order valence-electron chi connectivity index (χ2n) is 6.78. The first kappa shape index (κ1) is 11.0. The summed E-state index contributed by atoms with van der Waals surface area (Å²) in [5.74, 6) is 4.55. The van der Waals surface area contributed by atoms with E-state index in [0.29, 0.717) is 0 Å². The van der Waals surface area contributed by atoms with Crippen LogP contribution in [0.25, 0.3) is 0 Å². The maximum Gasteiger partial charge on any atom is 0.0613 e. The van der Waals surface area contributed by atoms with Crippen molar-refractivity contribution in [3.05, 3.63) is 0 Å². The zero-order chi connectivity index (χ0) is 11.3. The molecule has 1 unspecified atom stereocenters. The number of aliphatic hydroxyl groups is 1. The summed E-state index contributed by atoms with van der Waals surface area (Å²) >= 11 is 0. The molecule has 4 saturated carbocycles. The Hall–Kier alpha value is -0.0800. The van der Waals surface area contributed by atoms with E-state index in [0.717, 1.165) is 29.6 Å². The Morgan fingerprint density at radius 3 is 1.94 bits per heavy atom. The highest BCUT2D eigenvalue weighted by molar-refractivity contribution is 5.05. The Morgan fingerprint density at radius 2 is 1.56 bits per heavy atom. The largest absolute Gasteiger partial charge is 0.394 e. The van der Waals surface area contributed by atoms with Crippen LogP contribution in [0.15, 0.2) is 0 Å². The van der Waals surface area contributed by atoms with Crippen LogP contribution in [0.1, 0.15) is 39.0 Å². The molecule has 2 heteroatoms. The fourth-order valence-corrected chi connectivity index (χ4v) is 5.32. The Labute approximate surface area is 98.8 Å². The molecule has 0 aromatic rings. The molecule has 0 amide bonds. The van der Waals surface area contributed by atoms with Gasteiger partial charge in [0.25, 0.3) is 0 Å². The summed E-state index contributed by atoms with van der Waals surface area (Å²) in [6.45, 7) is 2.51. The van der Waals surface area contributed by atoms with Crippen LogP contribution >= 0.6 is 0 Å². The summed E-state index contributed by atoms with van der Waals surface area (Å²) in [7, 11) is 2.02. The minimum atomic E-state index is -0.0391. The van der Waals surface area contributed by atoms with Crippen molar-refractivity contribution in [3.63, 3.8) is 0 Å². The van der Waals surface area contributed by atoms with Crippen LogP contribution < -0.4 is 5.32 Å². The molecule has 0 heterocycles. The SMILES string of the molecule is CNC(C)(CO)C1C2CC3CC(C2)CC1C3. The van der Waals surface area contributed by atoms with Crippen LogP contribution in [0.3, 0.4) is 0 Å². The summed E-state index contributed by atoms with van der Waals surface area (Å²) in [6, 6.07) is 0. The minimum absolute atomic E-state index is 0.0391. The number of likely N-dealkylation sites (N-methyl/N-ethyl adjacent to an activating group) is 1. The third-order valence-electron chi connectivity index (χ3n) is 5.86. The molecule has 0 radical (unpaired) electrons. The van der Waals surface area contributed by atoms with Gasteiger partial charge in [0.05, 0.1) is 6.61 Å². The van der Waals surface area contributed by atoms with Gasteiger partial charge in [-0.25, -0.2) is 0 Å². The molecule has 0 spiro atoms. The van der Waals surface area contributed by atoms with Gasteiger partial charge in [-0.05, 0) is 75.7 Å². The van der Waals surface area contributed by atoms with Crippen LogP contribution in [-0.2, 0) is 0 Å². The van der Waals surface area contributed by atoms with Crippen LogP contribution in [0.4, 0.5) is 0 Å². The molecule has 4 bridgehead atoms. The molecule has 0 aliphatic heterocycles. The van der Waals surface area contributed by atoms with Gasteiger partial charge in [-0.15, -0.1) is 0 Å². The van der Waals surface area contributed by atoms with E-state index in [1.165, 1.54) is 32.1 Å².